The van der Waals surface area contributed by atoms with Crippen molar-refractivity contribution in [2.45, 2.75) is 13.8 Å². The summed E-state index contributed by atoms with van der Waals surface area (Å²) in [6.45, 7) is 4.12. The van der Waals surface area contributed by atoms with Crippen LogP contribution in [-0.4, -0.2) is 25.6 Å². The van der Waals surface area contributed by atoms with Crippen molar-refractivity contribution in [1.29, 1.82) is 0 Å². The van der Waals surface area contributed by atoms with Gasteiger partial charge in [-0.15, -0.1) is 0 Å². The molecule has 0 radical (unpaired) electrons. The van der Waals surface area contributed by atoms with Crippen LogP contribution in [0.3, 0.4) is 0 Å². The summed E-state index contributed by atoms with van der Waals surface area (Å²) in [5.74, 6) is 0.651. The molecule has 0 fully saturated rings. The van der Waals surface area contributed by atoms with E-state index in [1.165, 1.54) is 11.1 Å². The monoisotopic (exact) mass is 281 g/mol. The Hall–Kier alpha value is -2.89. The Kier molecular flexibility index (Phi) is 3.06. The zero-order valence-electron chi connectivity index (χ0n) is 11.8. The molecule has 106 valence electrons. The van der Waals surface area contributed by atoms with Gasteiger partial charge in [-0.05, 0) is 49.2 Å². The second-order valence-electron chi connectivity index (χ2n) is 4.91. The maximum atomic E-state index is 8.75. The number of amidine groups is 1. The van der Waals surface area contributed by atoms with Gasteiger partial charge < -0.3 is 10.9 Å². The van der Waals surface area contributed by atoms with Crippen molar-refractivity contribution in [2.75, 3.05) is 0 Å². The van der Waals surface area contributed by atoms with Gasteiger partial charge in [-0.1, -0.05) is 11.2 Å². The molecule has 3 rings (SSSR count). The van der Waals surface area contributed by atoms with E-state index in [-0.39, 0.29) is 5.84 Å². The number of benzene rings is 1. The van der Waals surface area contributed by atoms with Gasteiger partial charge in [0.05, 0.1) is 11.0 Å². The quantitative estimate of drug-likeness (QED) is 0.326. The van der Waals surface area contributed by atoms with E-state index >= 15 is 0 Å². The third-order valence-corrected chi connectivity index (χ3v) is 3.51. The van der Waals surface area contributed by atoms with Crippen LogP contribution in [0.4, 0.5) is 0 Å². The van der Waals surface area contributed by atoms with Gasteiger partial charge in [0.2, 0.25) is 0 Å². The van der Waals surface area contributed by atoms with Crippen LogP contribution in [0.15, 0.2) is 41.8 Å². The second kappa shape index (κ2) is 4.90. The molecule has 0 aliphatic carbocycles. The van der Waals surface area contributed by atoms with Crippen LogP contribution in [0.1, 0.15) is 16.8 Å². The van der Waals surface area contributed by atoms with Crippen molar-refractivity contribution in [3.8, 4) is 5.82 Å². The first-order valence-corrected chi connectivity index (χ1v) is 6.50. The minimum absolute atomic E-state index is 0.0201. The van der Waals surface area contributed by atoms with E-state index in [0.29, 0.717) is 11.5 Å². The van der Waals surface area contributed by atoms with Gasteiger partial charge in [0.1, 0.15) is 17.8 Å². The summed E-state index contributed by atoms with van der Waals surface area (Å²) in [6, 6.07) is 9.48. The molecule has 1 aromatic carbocycles. The summed E-state index contributed by atoms with van der Waals surface area (Å²) < 4.78 is 1.88. The van der Waals surface area contributed by atoms with E-state index in [0.717, 1.165) is 11.0 Å². The Morgan fingerprint density at radius 2 is 2.00 bits per heavy atom. The van der Waals surface area contributed by atoms with Gasteiger partial charge in [0, 0.05) is 0 Å². The van der Waals surface area contributed by atoms with E-state index in [9.17, 15) is 0 Å². The Morgan fingerprint density at radius 1 is 1.24 bits per heavy atom. The highest BCUT2D eigenvalue weighted by Gasteiger charge is 2.09. The number of hydrogen-bond donors (Lipinski definition) is 2. The van der Waals surface area contributed by atoms with Gasteiger partial charge in [-0.25, -0.2) is 9.97 Å². The minimum atomic E-state index is -0.0201. The lowest BCUT2D eigenvalue weighted by molar-refractivity contribution is 0.318. The number of oxime groups is 1. The summed E-state index contributed by atoms with van der Waals surface area (Å²) in [7, 11) is 0. The molecule has 3 N–H and O–H groups in total. The minimum Gasteiger partial charge on any atom is -0.409 e. The SMILES string of the molecule is Cc1cc2ncn(-c3cccc(C(N)=NO)n3)c2cc1C. The molecule has 0 saturated carbocycles. The highest BCUT2D eigenvalue weighted by molar-refractivity contribution is 5.95. The summed E-state index contributed by atoms with van der Waals surface area (Å²) >= 11 is 0. The molecule has 2 aromatic heterocycles. The van der Waals surface area contributed by atoms with Crippen molar-refractivity contribution < 1.29 is 5.21 Å². The summed E-state index contributed by atoms with van der Waals surface area (Å²) in [5.41, 5.74) is 10.3. The molecule has 0 saturated heterocycles. The maximum Gasteiger partial charge on any atom is 0.188 e. The van der Waals surface area contributed by atoms with Gasteiger partial charge >= 0.3 is 0 Å². The van der Waals surface area contributed by atoms with Gasteiger partial charge in [0.15, 0.2) is 5.84 Å². The van der Waals surface area contributed by atoms with Crippen molar-refractivity contribution >= 4 is 16.9 Å². The van der Waals surface area contributed by atoms with E-state index in [1.54, 1.807) is 12.4 Å². The highest BCUT2D eigenvalue weighted by Crippen LogP contribution is 2.21. The smallest absolute Gasteiger partial charge is 0.188 e. The molecule has 6 nitrogen and oxygen atoms in total. The lowest BCUT2D eigenvalue weighted by Gasteiger charge is -2.06. The first kappa shape index (κ1) is 13.1. The average Bonchev–Trinajstić information content (AvgIpc) is 2.90. The predicted octanol–water partition coefficient (Wildman–Crippen LogP) is 2.13. The number of rotatable bonds is 2. The van der Waals surface area contributed by atoms with E-state index in [1.807, 2.05) is 16.7 Å². The van der Waals surface area contributed by atoms with E-state index in [4.69, 9.17) is 10.9 Å². The third-order valence-electron chi connectivity index (χ3n) is 3.51. The van der Waals surface area contributed by atoms with E-state index in [2.05, 4.69) is 41.1 Å². The van der Waals surface area contributed by atoms with Crippen LogP contribution in [0.2, 0.25) is 0 Å². The number of pyridine rings is 1. The first-order chi connectivity index (χ1) is 10.1. The molecule has 0 spiro atoms. The molecule has 0 bridgehead atoms. The molecule has 0 unspecified atom stereocenters. The van der Waals surface area contributed by atoms with Gasteiger partial charge in [-0.3, -0.25) is 4.57 Å². The molecular formula is C15H15N5O. The number of imidazole rings is 1. The van der Waals surface area contributed by atoms with Gasteiger partial charge in [-0.2, -0.15) is 0 Å². The second-order valence-corrected chi connectivity index (χ2v) is 4.91. The van der Waals surface area contributed by atoms with Crippen LogP contribution < -0.4 is 5.73 Å². The van der Waals surface area contributed by atoms with Crippen molar-refractivity contribution in [1.82, 2.24) is 14.5 Å². The fourth-order valence-corrected chi connectivity index (χ4v) is 2.20. The molecule has 3 aromatic rings. The Bertz CT molecular complexity index is 850. The normalized spacial score (nSPS) is 12.0. The predicted molar refractivity (Wildman–Crippen MR) is 80.8 cm³/mol. The van der Waals surface area contributed by atoms with Crippen LogP contribution in [-0.2, 0) is 0 Å². The maximum absolute atomic E-state index is 8.75. The Balaban J connectivity index is 2.19. The number of nitrogens with zero attached hydrogens (tertiary/aromatic N) is 4. The summed E-state index contributed by atoms with van der Waals surface area (Å²) in [5, 5.41) is 11.7. The van der Waals surface area contributed by atoms with Crippen LogP contribution in [0.5, 0.6) is 0 Å². The number of aryl methyl sites for hydroxylation is 2. The van der Waals surface area contributed by atoms with E-state index < -0.39 is 0 Å². The van der Waals surface area contributed by atoms with Crippen molar-refractivity contribution in [2.24, 2.45) is 10.9 Å². The molecule has 2 heterocycles. The number of nitrogens with two attached hydrogens (primary N) is 1. The van der Waals surface area contributed by atoms with Crippen LogP contribution in [0, 0.1) is 13.8 Å². The number of aromatic nitrogens is 3. The van der Waals surface area contributed by atoms with Gasteiger partial charge in [0.25, 0.3) is 0 Å². The highest BCUT2D eigenvalue weighted by atomic mass is 16.4. The summed E-state index contributed by atoms with van der Waals surface area (Å²) in [6.07, 6.45) is 1.72. The van der Waals surface area contributed by atoms with Crippen molar-refractivity contribution in [3.63, 3.8) is 0 Å². The lowest BCUT2D eigenvalue weighted by Crippen LogP contribution is -2.15. The Labute approximate surface area is 121 Å². The standard InChI is InChI=1S/C15H15N5O/c1-9-6-12-13(7-10(9)2)20(8-17-12)14-5-3-4-11(18-14)15(16)19-21/h3-8,21H,1-2H3,(H2,16,19). The first-order valence-electron chi connectivity index (χ1n) is 6.50. The fraction of sp³-hybridized carbons (Fsp3) is 0.133. The summed E-state index contributed by atoms with van der Waals surface area (Å²) in [4.78, 5) is 8.80. The molecule has 6 heteroatoms. The molecular weight excluding hydrogens is 266 g/mol. The topological polar surface area (TPSA) is 89.3 Å². The molecule has 0 aliphatic heterocycles. The number of fused-ring (bicyclic) bond motifs is 1. The molecule has 21 heavy (non-hydrogen) atoms. The molecule has 0 atom stereocenters. The van der Waals surface area contributed by atoms with Crippen LogP contribution in [0.25, 0.3) is 16.9 Å². The molecule has 0 aliphatic rings. The number of hydrogen-bond acceptors (Lipinski definition) is 4. The molecule has 0 amide bonds. The zero-order chi connectivity index (χ0) is 15.0. The fourth-order valence-electron chi connectivity index (χ4n) is 2.20. The van der Waals surface area contributed by atoms with Crippen LogP contribution >= 0.6 is 0 Å². The lowest BCUT2D eigenvalue weighted by atomic mass is 10.1. The Morgan fingerprint density at radius 3 is 2.76 bits per heavy atom. The average molecular weight is 281 g/mol. The zero-order valence-corrected chi connectivity index (χ0v) is 11.8. The largest absolute Gasteiger partial charge is 0.409 e. The third kappa shape index (κ3) is 2.20. The van der Waals surface area contributed by atoms with Crippen molar-refractivity contribution in [3.05, 3.63) is 53.5 Å².